The van der Waals surface area contributed by atoms with Crippen LogP contribution in [0.5, 0.6) is 17.2 Å². The van der Waals surface area contributed by atoms with Crippen LogP contribution in [0.4, 0.5) is 5.69 Å². The molecule has 0 aliphatic carbocycles. The Morgan fingerprint density at radius 3 is 2.26 bits per heavy atom. The van der Waals surface area contributed by atoms with Gasteiger partial charge in [-0.3, -0.25) is 4.90 Å². The van der Waals surface area contributed by atoms with Crippen molar-refractivity contribution < 1.29 is 14.2 Å². The summed E-state index contributed by atoms with van der Waals surface area (Å²) in [4.78, 5) is 2.42. The lowest BCUT2D eigenvalue weighted by atomic mass is 10.0. The summed E-state index contributed by atoms with van der Waals surface area (Å²) >= 11 is 11.8. The van der Waals surface area contributed by atoms with E-state index in [1.807, 2.05) is 37.3 Å². The first-order valence-electron chi connectivity index (χ1n) is 10.3. The topological polar surface area (TPSA) is 55.0 Å². The number of methoxy groups -OCH3 is 3. The normalized spacial score (nSPS) is 14.7. The summed E-state index contributed by atoms with van der Waals surface area (Å²) in [5.74, 6) is 1.98. The molecule has 0 aromatic heterocycles. The van der Waals surface area contributed by atoms with Gasteiger partial charge in [-0.1, -0.05) is 17.7 Å². The molecule has 2 N–H and O–H groups in total. The third-order valence-electron chi connectivity index (χ3n) is 5.43. The second-order valence-electron chi connectivity index (χ2n) is 7.67. The van der Waals surface area contributed by atoms with Crippen LogP contribution in [0.15, 0.2) is 30.3 Å². The first kappa shape index (κ1) is 23.4. The maximum absolute atomic E-state index is 6.29. The summed E-state index contributed by atoms with van der Waals surface area (Å²) < 4.78 is 16.3. The Morgan fingerprint density at radius 2 is 1.71 bits per heavy atom. The van der Waals surface area contributed by atoms with Crippen LogP contribution in [-0.4, -0.2) is 50.5 Å². The predicted octanol–water partition coefficient (Wildman–Crippen LogP) is 4.63. The average molecular weight is 464 g/mol. The zero-order valence-corrected chi connectivity index (χ0v) is 20.0. The molecule has 0 amide bonds. The molecule has 1 fully saturated rings. The molecular weight excluding hydrogens is 434 g/mol. The van der Waals surface area contributed by atoms with Gasteiger partial charge >= 0.3 is 0 Å². The quantitative estimate of drug-likeness (QED) is 0.581. The number of nitrogens with one attached hydrogen (secondary N) is 2. The van der Waals surface area contributed by atoms with E-state index >= 15 is 0 Å². The van der Waals surface area contributed by atoms with Gasteiger partial charge in [-0.05, 0) is 67.4 Å². The van der Waals surface area contributed by atoms with Gasteiger partial charge in [0.2, 0.25) is 5.75 Å². The Hall–Kier alpha value is -2.22. The summed E-state index contributed by atoms with van der Waals surface area (Å²) in [5.41, 5.74) is 3.07. The number of nitrogens with zero attached hydrogens (tertiary/aromatic N) is 1. The molecule has 1 aliphatic heterocycles. The Morgan fingerprint density at radius 1 is 1.06 bits per heavy atom. The molecule has 0 unspecified atom stereocenters. The fourth-order valence-electron chi connectivity index (χ4n) is 3.79. The molecule has 0 bridgehead atoms. The van der Waals surface area contributed by atoms with E-state index in [0.717, 1.165) is 49.3 Å². The average Bonchev–Trinajstić information content (AvgIpc) is 2.76. The fourth-order valence-corrected chi connectivity index (χ4v) is 4.34. The predicted molar refractivity (Wildman–Crippen MR) is 130 cm³/mol. The van der Waals surface area contributed by atoms with E-state index in [0.29, 0.717) is 33.4 Å². The lowest BCUT2D eigenvalue weighted by Gasteiger charge is -2.33. The van der Waals surface area contributed by atoms with Crippen molar-refractivity contribution in [1.82, 2.24) is 10.2 Å². The van der Waals surface area contributed by atoms with Crippen molar-refractivity contribution in [3.63, 3.8) is 0 Å². The zero-order chi connectivity index (χ0) is 22.4. The van der Waals surface area contributed by atoms with Gasteiger partial charge in [0.15, 0.2) is 16.6 Å². The fraction of sp³-hybridized carbons (Fsp3) is 0.435. The molecular formula is C23H30ClN3O3S. The summed E-state index contributed by atoms with van der Waals surface area (Å²) in [5, 5.41) is 7.91. The van der Waals surface area contributed by atoms with Crippen molar-refractivity contribution in [2.75, 3.05) is 39.7 Å². The maximum atomic E-state index is 6.29. The van der Waals surface area contributed by atoms with Gasteiger partial charge in [0.25, 0.3) is 0 Å². The van der Waals surface area contributed by atoms with Crippen molar-refractivity contribution in [2.24, 2.45) is 0 Å². The van der Waals surface area contributed by atoms with Gasteiger partial charge < -0.3 is 24.8 Å². The number of aryl methyl sites for hydroxylation is 1. The van der Waals surface area contributed by atoms with Gasteiger partial charge in [-0.25, -0.2) is 0 Å². The number of hydrogen-bond donors (Lipinski definition) is 2. The highest BCUT2D eigenvalue weighted by Gasteiger charge is 2.21. The third kappa shape index (κ3) is 6.15. The minimum absolute atomic E-state index is 0.334. The summed E-state index contributed by atoms with van der Waals surface area (Å²) in [6.07, 6.45) is 2.02. The van der Waals surface area contributed by atoms with E-state index in [1.165, 1.54) is 0 Å². The summed E-state index contributed by atoms with van der Waals surface area (Å²) in [7, 11) is 4.89. The number of likely N-dealkylation sites (tertiary alicyclic amines) is 1. The van der Waals surface area contributed by atoms with Gasteiger partial charge in [0.05, 0.1) is 32.0 Å². The molecule has 0 spiro atoms. The molecule has 1 aliphatic rings. The molecule has 6 nitrogen and oxygen atoms in total. The van der Waals surface area contributed by atoms with Gasteiger partial charge in [0.1, 0.15) is 0 Å². The van der Waals surface area contributed by atoms with Crippen molar-refractivity contribution in [1.29, 1.82) is 0 Å². The lowest BCUT2D eigenvalue weighted by Crippen LogP contribution is -2.45. The smallest absolute Gasteiger partial charge is 0.203 e. The van der Waals surface area contributed by atoms with Crippen LogP contribution < -0.4 is 24.8 Å². The molecule has 8 heteroatoms. The van der Waals surface area contributed by atoms with Crippen molar-refractivity contribution in [2.45, 2.75) is 32.4 Å². The minimum atomic E-state index is 0.334. The molecule has 3 rings (SSSR count). The Bertz CT molecular complexity index is 892. The highest BCUT2D eigenvalue weighted by molar-refractivity contribution is 7.80. The highest BCUT2D eigenvalue weighted by Crippen LogP contribution is 2.38. The first-order valence-corrected chi connectivity index (χ1v) is 11.1. The van der Waals surface area contributed by atoms with Crippen LogP contribution in [0.3, 0.4) is 0 Å². The van der Waals surface area contributed by atoms with Crippen molar-refractivity contribution in [3.05, 3.63) is 46.5 Å². The number of piperidine rings is 1. The van der Waals surface area contributed by atoms with Crippen LogP contribution >= 0.6 is 23.8 Å². The number of ether oxygens (including phenoxy) is 3. The summed E-state index contributed by atoms with van der Waals surface area (Å²) in [6, 6.07) is 10.2. The molecule has 1 saturated heterocycles. The van der Waals surface area contributed by atoms with Crippen LogP contribution in [0.1, 0.15) is 24.0 Å². The van der Waals surface area contributed by atoms with Crippen LogP contribution in [0, 0.1) is 6.92 Å². The largest absolute Gasteiger partial charge is 0.493 e. The molecule has 2 aromatic carbocycles. The van der Waals surface area contributed by atoms with Crippen LogP contribution in [0.2, 0.25) is 5.02 Å². The third-order valence-corrected chi connectivity index (χ3v) is 5.96. The number of thiocarbonyl (C=S) groups is 1. The monoisotopic (exact) mass is 463 g/mol. The molecule has 31 heavy (non-hydrogen) atoms. The molecule has 0 atom stereocenters. The number of halogens is 1. The van der Waals surface area contributed by atoms with Crippen LogP contribution in [0.25, 0.3) is 0 Å². The summed E-state index contributed by atoms with van der Waals surface area (Å²) in [6.45, 7) is 4.79. The molecule has 1 heterocycles. The van der Waals surface area contributed by atoms with Gasteiger partial charge in [-0.15, -0.1) is 0 Å². The molecule has 0 saturated carbocycles. The van der Waals surface area contributed by atoms with E-state index in [-0.39, 0.29) is 0 Å². The number of benzene rings is 2. The van der Waals surface area contributed by atoms with Gasteiger partial charge in [-0.2, -0.15) is 0 Å². The van der Waals surface area contributed by atoms with Gasteiger partial charge in [0, 0.05) is 25.7 Å². The lowest BCUT2D eigenvalue weighted by molar-refractivity contribution is 0.198. The minimum Gasteiger partial charge on any atom is -0.493 e. The van der Waals surface area contributed by atoms with Crippen molar-refractivity contribution in [3.8, 4) is 17.2 Å². The number of hydrogen-bond acceptors (Lipinski definition) is 5. The van der Waals surface area contributed by atoms with E-state index in [9.17, 15) is 0 Å². The SMILES string of the molecule is COc1cc(CN2CCC(NC(=S)Nc3ccc(C)cc3Cl)CC2)cc(OC)c1OC. The van der Waals surface area contributed by atoms with E-state index in [4.69, 9.17) is 38.0 Å². The van der Waals surface area contributed by atoms with Crippen molar-refractivity contribution >= 4 is 34.6 Å². The molecule has 168 valence electrons. The zero-order valence-electron chi connectivity index (χ0n) is 18.5. The molecule has 2 aromatic rings. The highest BCUT2D eigenvalue weighted by atomic mass is 35.5. The number of anilines is 1. The van der Waals surface area contributed by atoms with Crippen LogP contribution in [-0.2, 0) is 6.54 Å². The standard InChI is InChI=1S/C23H30ClN3O3S/c1-15-5-6-19(18(24)11-15)26-23(31)25-17-7-9-27(10-8-17)14-16-12-20(28-2)22(30-4)21(13-16)29-3/h5-6,11-13,17H,7-10,14H2,1-4H3,(H2,25,26,31). The second-order valence-corrected chi connectivity index (χ2v) is 8.48. The Balaban J connectivity index is 1.52. The van der Waals surface area contributed by atoms with E-state index < -0.39 is 0 Å². The maximum Gasteiger partial charge on any atom is 0.203 e. The van der Waals surface area contributed by atoms with E-state index in [2.05, 4.69) is 15.5 Å². The first-order chi connectivity index (χ1) is 14.9. The van der Waals surface area contributed by atoms with E-state index in [1.54, 1.807) is 21.3 Å². The Kier molecular flexibility index (Phi) is 8.23. The second kappa shape index (κ2) is 10.9. The number of rotatable bonds is 7. The molecule has 0 radical (unpaired) electrons. The Labute approximate surface area is 194 Å².